The highest BCUT2D eigenvalue weighted by Gasteiger charge is 2.36. The third-order valence-corrected chi connectivity index (χ3v) is 6.50. The summed E-state index contributed by atoms with van der Waals surface area (Å²) in [7, 11) is -4.52. The van der Waals surface area contributed by atoms with Crippen molar-refractivity contribution in [2.24, 2.45) is 0 Å². The van der Waals surface area contributed by atoms with Crippen LogP contribution in [0.5, 0.6) is 11.5 Å². The van der Waals surface area contributed by atoms with Gasteiger partial charge in [0.25, 0.3) is 0 Å². The molecule has 184 valence electrons. The zero-order valence-electron chi connectivity index (χ0n) is 22.6. The highest BCUT2D eigenvalue weighted by molar-refractivity contribution is 7.48. The number of para-hydroxylation sites is 2. The first-order chi connectivity index (χ1) is 14.6. The molecule has 0 spiro atoms. The molecule has 0 aliphatic carbocycles. The minimum absolute atomic E-state index is 0.281. The summed E-state index contributed by atoms with van der Waals surface area (Å²) < 4.78 is 25.5. The quantitative estimate of drug-likeness (QED) is 0.452. The normalized spacial score (nSPS) is 13.7. The van der Waals surface area contributed by atoms with E-state index in [1.165, 1.54) is 0 Å². The Labute approximate surface area is 201 Å². The summed E-state index contributed by atoms with van der Waals surface area (Å²) in [6, 6.07) is 11.8. The predicted octanol–water partition coefficient (Wildman–Crippen LogP) is 8.43. The Kier molecular flexibility index (Phi) is 7.31. The van der Waals surface area contributed by atoms with Crippen molar-refractivity contribution in [3.63, 3.8) is 0 Å². The molecule has 2 aromatic rings. The standard InChI is InChI=1S/C28H43O4P/c1-25(2,3)19-15-13-16-20(26(4,5)6)23(19)31-33(29,30)32-24-21(27(7,8)9)17-14-18-22(24)28(10,11)12/h13-18H,1-12H3,(H,29,30). The van der Waals surface area contributed by atoms with E-state index in [2.05, 4.69) is 83.1 Å². The lowest BCUT2D eigenvalue weighted by molar-refractivity contribution is 0.281. The summed E-state index contributed by atoms with van der Waals surface area (Å²) in [6.07, 6.45) is 0. The molecule has 0 aliphatic heterocycles. The van der Waals surface area contributed by atoms with Gasteiger partial charge in [-0.1, -0.05) is 119 Å². The molecule has 0 saturated heterocycles. The van der Waals surface area contributed by atoms with Gasteiger partial charge in [-0.2, -0.15) is 0 Å². The number of rotatable bonds is 4. The maximum Gasteiger partial charge on any atom is 0.584 e. The Morgan fingerprint density at radius 1 is 0.545 bits per heavy atom. The second-order valence-corrected chi connectivity index (χ2v) is 14.3. The fourth-order valence-corrected chi connectivity index (χ4v) is 4.77. The molecule has 0 heterocycles. The lowest BCUT2D eigenvalue weighted by atomic mass is 9.79. The second-order valence-electron chi connectivity index (χ2n) is 13.0. The minimum atomic E-state index is -4.52. The first kappa shape index (κ1) is 27.5. The van der Waals surface area contributed by atoms with Gasteiger partial charge in [0.1, 0.15) is 11.5 Å². The SMILES string of the molecule is CC(C)(C)c1cccc(C(C)(C)C)c1OP(=O)(O)Oc1c(C(C)(C)C)cccc1C(C)(C)C. The van der Waals surface area contributed by atoms with E-state index in [9.17, 15) is 9.46 Å². The van der Waals surface area contributed by atoms with E-state index in [0.717, 1.165) is 22.3 Å². The molecular formula is C28H43O4P. The molecule has 0 radical (unpaired) electrons. The maximum atomic E-state index is 13.6. The van der Waals surface area contributed by atoms with Crippen molar-refractivity contribution in [2.45, 2.75) is 105 Å². The van der Waals surface area contributed by atoms with Gasteiger partial charge in [-0.25, -0.2) is 4.57 Å². The second kappa shape index (κ2) is 8.78. The maximum absolute atomic E-state index is 13.6. The van der Waals surface area contributed by atoms with Crippen LogP contribution < -0.4 is 9.05 Å². The molecule has 4 nitrogen and oxygen atoms in total. The van der Waals surface area contributed by atoms with Gasteiger partial charge in [0.15, 0.2) is 0 Å². The van der Waals surface area contributed by atoms with Gasteiger partial charge in [0, 0.05) is 22.3 Å². The van der Waals surface area contributed by atoms with Gasteiger partial charge in [-0.3, -0.25) is 4.89 Å². The van der Waals surface area contributed by atoms with Crippen LogP contribution in [0.25, 0.3) is 0 Å². The smallest absolute Gasteiger partial charge is 0.395 e. The Balaban J connectivity index is 2.68. The van der Waals surface area contributed by atoms with Crippen LogP contribution in [0.4, 0.5) is 0 Å². The van der Waals surface area contributed by atoms with Crippen molar-refractivity contribution in [2.75, 3.05) is 0 Å². The highest BCUT2D eigenvalue weighted by atomic mass is 31.2. The molecular weight excluding hydrogens is 431 g/mol. The highest BCUT2D eigenvalue weighted by Crippen LogP contribution is 2.53. The van der Waals surface area contributed by atoms with Crippen LogP contribution in [0.2, 0.25) is 0 Å². The van der Waals surface area contributed by atoms with Crippen LogP contribution in [-0.4, -0.2) is 4.89 Å². The summed E-state index contributed by atoms with van der Waals surface area (Å²) in [5, 5.41) is 0. The summed E-state index contributed by atoms with van der Waals surface area (Å²) in [4.78, 5) is 11.1. The van der Waals surface area contributed by atoms with Crippen molar-refractivity contribution in [3.8, 4) is 11.5 Å². The summed E-state index contributed by atoms with van der Waals surface area (Å²) in [6.45, 7) is 24.8. The van der Waals surface area contributed by atoms with Gasteiger partial charge in [0.05, 0.1) is 0 Å². The van der Waals surface area contributed by atoms with E-state index in [-0.39, 0.29) is 21.7 Å². The van der Waals surface area contributed by atoms with Gasteiger partial charge < -0.3 is 9.05 Å². The number of phosphoric acid groups is 1. The fraction of sp³-hybridized carbons (Fsp3) is 0.571. The number of phosphoric ester groups is 1. The molecule has 0 atom stereocenters. The van der Waals surface area contributed by atoms with Gasteiger partial charge >= 0.3 is 7.82 Å². The van der Waals surface area contributed by atoms with Gasteiger partial charge in [0.2, 0.25) is 0 Å². The van der Waals surface area contributed by atoms with E-state index in [1.54, 1.807) is 0 Å². The van der Waals surface area contributed by atoms with Crippen LogP contribution >= 0.6 is 7.82 Å². The van der Waals surface area contributed by atoms with Crippen molar-refractivity contribution < 1.29 is 18.5 Å². The third kappa shape index (κ3) is 6.64. The third-order valence-electron chi connectivity index (χ3n) is 5.68. The Hall–Kier alpha value is -1.77. The summed E-state index contributed by atoms with van der Waals surface area (Å²) >= 11 is 0. The topological polar surface area (TPSA) is 55.8 Å². The molecule has 0 bridgehead atoms. The molecule has 33 heavy (non-hydrogen) atoms. The van der Waals surface area contributed by atoms with Crippen LogP contribution in [0, 0.1) is 0 Å². The lowest BCUT2D eigenvalue weighted by Gasteiger charge is -2.32. The van der Waals surface area contributed by atoms with E-state index < -0.39 is 7.82 Å². The molecule has 0 aliphatic rings. The van der Waals surface area contributed by atoms with Crippen LogP contribution in [0.1, 0.15) is 105 Å². The summed E-state index contributed by atoms with van der Waals surface area (Å²) in [5.74, 6) is 0.850. The number of hydrogen-bond acceptors (Lipinski definition) is 3. The van der Waals surface area contributed by atoms with Crippen molar-refractivity contribution in [1.29, 1.82) is 0 Å². The minimum Gasteiger partial charge on any atom is -0.395 e. The molecule has 0 saturated carbocycles. The monoisotopic (exact) mass is 474 g/mol. The number of benzene rings is 2. The molecule has 2 aromatic carbocycles. The van der Waals surface area contributed by atoms with Crippen molar-refractivity contribution >= 4 is 7.82 Å². The Morgan fingerprint density at radius 3 is 0.939 bits per heavy atom. The average molecular weight is 475 g/mol. The molecule has 1 N–H and O–H groups in total. The van der Waals surface area contributed by atoms with Gasteiger partial charge in [-0.15, -0.1) is 0 Å². The zero-order valence-corrected chi connectivity index (χ0v) is 23.5. The van der Waals surface area contributed by atoms with E-state index >= 15 is 0 Å². The Morgan fingerprint density at radius 2 is 0.758 bits per heavy atom. The van der Waals surface area contributed by atoms with Crippen molar-refractivity contribution in [1.82, 2.24) is 0 Å². The fourth-order valence-electron chi connectivity index (χ4n) is 3.88. The molecule has 2 rings (SSSR count). The first-order valence-corrected chi connectivity index (χ1v) is 13.1. The zero-order chi connectivity index (χ0) is 25.6. The largest absolute Gasteiger partial charge is 0.584 e. The van der Waals surface area contributed by atoms with E-state index in [0.29, 0.717) is 11.5 Å². The lowest BCUT2D eigenvalue weighted by Crippen LogP contribution is -2.21. The molecule has 0 unspecified atom stereocenters. The molecule has 0 aromatic heterocycles. The molecule has 0 amide bonds. The Bertz CT molecular complexity index is 896. The van der Waals surface area contributed by atoms with Crippen molar-refractivity contribution in [3.05, 3.63) is 58.7 Å². The van der Waals surface area contributed by atoms with Crippen LogP contribution in [0.3, 0.4) is 0 Å². The predicted molar refractivity (Wildman–Crippen MR) is 139 cm³/mol. The summed E-state index contributed by atoms with van der Waals surface area (Å²) in [5.41, 5.74) is 2.35. The van der Waals surface area contributed by atoms with E-state index in [1.807, 2.05) is 36.4 Å². The molecule has 5 heteroatoms. The van der Waals surface area contributed by atoms with Crippen LogP contribution in [-0.2, 0) is 26.2 Å². The first-order valence-electron chi connectivity index (χ1n) is 11.6. The van der Waals surface area contributed by atoms with Crippen LogP contribution in [0.15, 0.2) is 36.4 Å². The number of hydrogen-bond donors (Lipinski definition) is 1. The van der Waals surface area contributed by atoms with E-state index in [4.69, 9.17) is 9.05 Å². The average Bonchev–Trinajstić information content (AvgIpc) is 2.57. The van der Waals surface area contributed by atoms with Gasteiger partial charge in [-0.05, 0) is 21.7 Å². The molecule has 0 fully saturated rings.